The van der Waals surface area contributed by atoms with Crippen molar-refractivity contribution in [2.24, 2.45) is 0 Å². The first-order chi connectivity index (χ1) is 8.95. The van der Waals surface area contributed by atoms with E-state index in [1.54, 1.807) is 4.72 Å². The van der Waals surface area contributed by atoms with E-state index in [4.69, 9.17) is 16.7 Å². The van der Waals surface area contributed by atoms with Gasteiger partial charge in [-0.25, -0.2) is 8.42 Å². The minimum absolute atomic E-state index is 0.230. The van der Waals surface area contributed by atoms with E-state index in [-0.39, 0.29) is 5.02 Å². The normalized spacial score (nSPS) is 13.8. The van der Waals surface area contributed by atoms with Crippen LogP contribution >= 0.6 is 11.6 Å². The summed E-state index contributed by atoms with van der Waals surface area (Å²) in [5, 5.41) is 6.47. The van der Waals surface area contributed by atoms with Gasteiger partial charge >= 0.3 is 12.1 Å². The smallest absolute Gasteiger partial charge is 0.418 e. The summed E-state index contributed by atoms with van der Waals surface area (Å²) in [7, 11) is -4.50. The fourth-order valence-electron chi connectivity index (χ4n) is 1.21. The summed E-state index contributed by atoms with van der Waals surface area (Å²) in [5.41, 5.74) is -2.08. The topological polar surface area (TPSA) is 83.5 Å². The number of aliphatic carboxylic acids is 1. The first-order valence-corrected chi connectivity index (χ1v) is 6.99. The summed E-state index contributed by atoms with van der Waals surface area (Å²) in [6.07, 6.45) is -4.84. The first kappa shape index (κ1) is 16.6. The van der Waals surface area contributed by atoms with Gasteiger partial charge in [0.05, 0.1) is 11.3 Å². The SMILES string of the molecule is CC(C(=O)O)S(=O)(=O)Nc1ccc(Cl)cc1C(F)(F)F. The van der Waals surface area contributed by atoms with Crippen LogP contribution in [0.5, 0.6) is 0 Å². The molecule has 0 spiro atoms. The Morgan fingerprint density at radius 2 is 1.95 bits per heavy atom. The summed E-state index contributed by atoms with van der Waals surface area (Å²) in [6, 6.07) is 2.42. The third-order valence-electron chi connectivity index (χ3n) is 2.35. The van der Waals surface area contributed by atoms with Crippen molar-refractivity contribution < 1.29 is 31.5 Å². The van der Waals surface area contributed by atoms with Crippen LogP contribution in [-0.4, -0.2) is 24.7 Å². The number of sulfonamides is 1. The van der Waals surface area contributed by atoms with Gasteiger partial charge in [0.25, 0.3) is 0 Å². The highest BCUT2D eigenvalue weighted by atomic mass is 35.5. The molecule has 1 aromatic carbocycles. The number of carbonyl (C=O) groups is 1. The van der Waals surface area contributed by atoms with Crippen molar-refractivity contribution in [3.63, 3.8) is 0 Å². The van der Waals surface area contributed by atoms with Crippen molar-refractivity contribution in [3.8, 4) is 0 Å². The number of benzene rings is 1. The van der Waals surface area contributed by atoms with Crippen LogP contribution in [0.15, 0.2) is 18.2 Å². The molecule has 0 aromatic heterocycles. The number of alkyl halides is 3. The van der Waals surface area contributed by atoms with E-state index >= 15 is 0 Å². The van der Waals surface area contributed by atoms with Gasteiger partial charge in [-0.05, 0) is 25.1 Å². The second-order valence-electron chi connectivity index (χ2n) is 3.82. The standard InChI is InChI=1S/C10H9ClF3NO4S/c1-5(9(16)17)20(18,19)15-8-3-2-6(11)4-7(8)10(12,13)14/h2-5,15H,1H3,(H,16,17). The predicted octanol–water partition coefficient (Wildman–Crippen LogP) is 2.57. The fraction of sp³-hybridized carbons (Fsp3) is 0.300. The van der Waals surface area contributed by atoms with Gasteiger partial charge in [-0.3, -0.25) is 9.52 Å². The first-order valence-electron chi connectivity index (χ1n) is 5.06. The summed E-state index contributed by atoms with van der Waals surface area (Å²) in [6.45, 7) is 0.841. The Labute approximate surface area is 117 Å². The summed E-state index contributed by atoms with van der Waals surface area (Å²) in [5.74, 6) is -1.68. The number of anilines is 1. The zero-order valence-corrected chi connectivity index (χ0v) is 11.5. The Bertz CT molecular complexity index is 630. The van der Waals surface area contributed by atoms with Gasteiger partial charge in [-0.1, -0.05) is 11.6 Å². The zero-order valence-electron chi connectivity index (χ0n) is 9.90. The summed E-state index contributed by atoms with van der Waals surface area (Å²) >= 11 is 5.44. The van der Waals surface area contributed by atoms with E-state index in [0.29, 0.717) is 6.07 Å². The van der Waals surface area contributed by atoms with Gasteiger partial charge in [0.1, 0.15) is 0 Å². The molecule has 0 amide bonds. The molecule has 1 rings (SSSR count). The highest BCUT2D eigenvalue weighted by Gasteiger charge is 2.36. The van der Waals surface area contributed by atoms with Gasteiger partial charge in [0, 0.05) is 5.02 Å². The molecule has 1 aromatic rings. The maximum absolute atomic E-state index is 12.8. The molecule has 2 N–H and O–H groups in total. The predicted molar refractivity (Wildman–Crippen MR) is 66.1 cm³/mol. The minimum atomic E-state index is -4.84. The van der Waals surface area contributed by atoms with Gasteiger partial charge in [-0.2, -0.15) is 13.2 Å². The molecule has 0 saturated carbocycles. The maximum atomic E-state index is 12.8. The van der Waals surface area contributed by atoms with E-state index in [0.717, 1.165) is 19.1 Å². The Morgan fingerprint density at radius 3 is 2.40 bits per heavy atom. The molecule has 0 saturated heterocycles. The molecule has 0 heterocycles. The number of nitrogens with one attached hydrogen (secondary N) is 1. The molecule has 20 heavy (non-hydrogen) atoms. The van der Waals surface area contributed by atoms with Crippen LogP contribution in [0.1, 0.15) is 12.5 Å². The van der Waals surface area contributed by atoms with Gasteiger partial charge in [0.2, 0.25) is 10.0 Å². The second-order valence-corrected chi connectivity index (χ2v) is 6.25. The monoisotopic (exact) mass is 331 g/mol. The number of halogens is 4. The molecule has 0 radical (unpaired) electrons. The van der Waals surface area contributed by atoms with Gasteiger partial charge < -0.3 is 5.11 Å². The molecule has 0 aliphatic carbocycles. The van der Waals surface area contributed by atoms with Crippen molar-refractivity contribution >= 4 is 33.3 Å². The van der Waals surface area contributed by atoms with Crippen molar-refractivity contribution in [1.82, 2.24) is 0 Å². The van der Waals surface area contributed by atoms with Crippen LogP contribution in [0.2, 0.25) is 5.02 Å². The molecular formula is C10H9ClF3NO4S. The number of hydrogen-bond acceptors (Lipinski definition) is 3. The Kier molecular flexibility index (Phi) is 4.55. The van der Waals surface area contributed by atoms with E-state index < -0.39 is 38.7 Å². The van der Waals surface area contributed by atoms with Crippen LogP contribution in [0.4, 0.5) is 18.9 Å². The van der Waals surface area contributed by atoms with E-state index in [1.807, 2.05) is 0 Å². The average Bonchev–Trinajstić information content (AvgIpc) is 2.28. The Morgan fingerprint density at radius 1 is 1.40 bits per heavy atom. The van der Waals surface area contributed by atoms with Crippen LogP contribution in [0.25, 0.3) is 0 Å². The lowest BCUT2D eigenvalue weighted by atomic mass is 10.2. The second kappa shape index (κ2) is 5.49. The molecule has 10 heteroatoms. The molecule has 5 nitrogen and oxygen atoms in total. The number of carboxylic acid groups (broad SMARTS) is 1. The molecule has 0 bridgehead atoms. The lowest BCUT2D eigenvalue weighted by Gasteiger charge is -2.16. The summed E-state index contributed by atoms with van der Waals surface area (Å²) < 4.78 is 63.1. The lowest BCUT2D eigenvalue weighted by molar-refractivity contribution is -0.137. The number of hydrogen-bond donors (Lipinski definition) is 2. The molecule has 1 unspecified atom stereocenters. The van der Waals surface area contributed by atoms with E-state index in [2.05, 4.69) is 0 Å². The van der Waals surface area contributed by atoms with Crippen molar-refractivity contribution in [2.45, 2.75) is 18.3 Å². The van der Waals surface area contributed by atoms with Crippen LogP contribution in [0, 0.1) is 0 Å². The largest absolute Gasteiger partial charge is 0.480 e. The average molecular weight is 332 g/mol. The Hall–Kier alpha value is -1.48. The quantitative estimate of drug-likeness (QED) is 0.888. The summed E-state index contributed by atoms with van der Waals surface area (Å²) in [4.78, 5) is 10.6. The van der Waals surface area contributed by atoms with Crippen LogP contribution in [0.3, 0.4) is 0 Å². The minimum Gasteiger partial charge on any atom is -0.480 e. The number of rotatable bonds is 4. The van der Waals surface area contributed by atoms with Gasteiger partial charge in [-0.15, -0.1) is 0 Å². The highest BCUT2D eigenvalue weighted by Crippen LogP contribution is 2.37. The van der Waals surface area contributed by atoms with Crippen LogP contribution in [-0.2, 0) is 21.0 Å². The molecule has 0 fully saturated rings. The van der Waals surface area contributed by atoms with Crippen molar-refractivity contribution in [2.75, 3.05) is 4.72 Å². The van der Waals surface area contributed by atoms with Crippen molar-refractivity contribution in [1.29, 1.82) is 0 Å². The maximum Gasteiger partial charge on any atom is 0.418 e. The highest BCUT2D eigenvalue weighted by molar-refractivity contribution is 7.94. The Balaban J connectivity index is 3.26. The van der Waals surface area contributed by atoms with Crippen LogP contribution < -0.4 is 4.72 Å². The van der Waals surface area contributed by atoms with E-state index in [9.17, 15) is 26.4 Å². The van der Waals surface area contributed by atoms with E-state index in [1.165, 1.54) is 0 Å². The zero-order chi connectivity index (χ0) is 15.7. The lowest BCUT2D eigenvalue weighted by Crippen LogP contribution is -2.32. The molecule has 0 aliphatic rings. The fourth-order valence-corrected chi connectivity index (χ4v) is 2.31. The molecule has 112 valence electrons. The molecule has 0 aliphatic heterocycles. The van der Waals surface area contributed by atoms with Gasteiger partial charge in [0.15, 0.2) is 5.25 Å². The number of carboxylic acids is 1. The van der Waals surface area contributed by atoms with Crippen molar-refractivity contribution in [3.05, 3.63) is 28.8 Å². The third-order valence-corrected chi connectivity index (χ3v) is 4.22. The third kappa shape index (κ3) is 3.76. The molecular weight excluding hydrogens is 323 g/mol. The molecule has 1 atom stereocenters.